The van der Waals surface area contributed by atoms with Gasteiger partial charge in [0.15, 0.2) is 17.6 Å². The average molecular weight is 552 g/mol. The molecule has 0 aliphatic carbocycles. The molecule has 3 N–H and O–H groups in total. The molecule has 31 heavy (non-hydrogen) atoms. The largest absolute Gasteiger partial charge is 0.396 e. The molecule has 178 valence electrons. The fraction of sp³-hybridized carbons (Fsp3) is 0.696. The minimum atomic E-state index is -0.800. The van der Waals surface area contributed by atoms with E-state index in [1.54, 1.807) is 6.07 Å². The standard InChI is InChI=1S/C23H38F2N4O.HI/c1-4-26-23(27-15-18(9-12-30)13-17(2)3)28-20-7-10-29(11-8-20)16-19-5-6-21(24)22(25)14-19;/h5-6,14,17-18,20,30H,4,7-13,15-16H2,1-3H3,(H2,26,27,28);1H. The summed E-state index contributed by atoms with van der Waals surface area (Å²) in [5.41, 5.74) is 0.801. The quantitative estimate of drug-likeness (QED) is 0.232. The molecule has 1 fully saturated rings. The minimum absolute atomic E-state index is 0. The molecule has 1 aromatic carbocycles. The van der Waals surface area contributed by atoms with Crippen molar-refractivity contribution in [2.45, 2.75) is 59.0 Å². The van der Waals surface area contributed by atoms with Crippen LogP contribution in [-0.4, -0.2) is 54.8 Å². The van der Waals surface area contributed by atoms with E-state index in [2.05, 4.69) is 36.3 Å². The second kappa shape index (κ2) is 14.9. The summed E-state index contributed by atoms with van der Waals surface area (Å²) in [5.74, 6) is 0.233. The van der Waals surface area contributed by atoms with Crippen LogP contribution in [0.4, 0.5) is 8.78 Å². The molecule has 1 aromatic rings. The molecule has 1 saturated heterocycles. The van der Waals surface area contributed by atoms with Crippen molar-refractivity contribution < 1.29 is 13.9 Å². The Labute approximate surface area is 203 Å². The Morgan fingerprint density at radius 2 is 1.94 bits per heavy atom. The molecule has 0 amide bonds. The number of hydrogen-bond acceptors (Lipinski definition) is 3. The van der Waals surface area contributed by atoms with E-state index < -0.39 is 11.6 Å². The Balaban J connectivity index is 0.00000480. The first kappa shape index (κ1) is 28.0. The van der Waals surface area contributed by atoms with Gasteiger partial charge >= 0.3 is 0 Å². The fourth-order valence-corrected chi connectivity index (χ4v) is 4.00. The molecule has 1 heterocycles. The maximum atomic E-state index is 13.4. The lowest BCUT2D eigenvalue weighted by Gasteiger charge is -2.33. The van der Waals surface area contributed by atoms with E-state index in [1.807, 2.05) is 0 Å². The van der Waals surface area contributed by atoms with Gasteiger partial charge in [-0.15, -0.1) is 24.0 Å². The molecule has 2 rings (SSSR count). The molecule has 0 spiro atoms. The highest BCUT2D eigenvalue weighted by molar-refractivity contribution is 14.0. The van der Waals surface area contributed by atoms with Crippen molar-refractivity contribution in [1.29, 1.82) is 0 Å². The lowest BCUT2D eigenvalue weighted by molar-refractivity contribution is 0.198. The normalized spacial score (nSPS) is 16.8. The number of nitrogens with one attached hydrogen (secondary N) is 2. The number of benzene rings is 1. The Kier molecular flexibility index (Phi) is 13.5. The van der Waals surface area contributed by atoms with Gasteiger partial charge in [0.2, 0.25) is 0 Å². The van der Waals surface area contributed by atoms with Gasteiger partial charge in [0.25, 0.3) is 0 Å². The van der Waals surface area contributed by atoms with E-state index in [-0.39, 0.29) is 30.6 Å². The van der Waals surface area contributed by atoms with Crippen molar-refractivity contribution >= 4 is 29.9 Å². The Morgan fingerprint density at radius 1 is 1.23 bits per heavy atom. The van der Waals surface area contributed by atoms with Gasteiger partial charge in [0, 0.05) is 45.4 Å². The number of guanidine groups is 1. The van der Waals surface area contributed by atoms with Crippen LogP contribution in [0.5, 0.6) is 0 Å². The van der Waals surface area contributed by atoms with Crippen LogP contribution >= 0.6 is 24.0 Å². The van der Waals surface area contributed by atoms with Crippen molar-refractivity contribution in [3.8, 4) is 0 Å². The first-order valence-corrected chi connectivity index (χ1v) is 11.2. The first-order chi connectivity index (χ1) is 14.4. The van der Waals surface area contributed by atoms with E-state index in [9.17, 15) is 13.9 Å². The van der Waals surface area contributed by atoms with Crippen molar-refractivity contribution in [3.05, 3.63) is 35.4 Å². The number of rotatable bonds is 10. The lowest BCUT2D eigenvalue weighted by Crippen LogP contribution is -2.48. The second-order valence-electron chi connectivity index (χ2n) is 8.67. The highest BCUT2D eigenvalue weighted by Crippen LogP contribution is 2.17. The maximum absolute atomic E-state index is 13.4. The predicted octanol–water partition coefficient (Wildman–Crippen LogP) is 4.15. The third-order valence-electron chi connectivity index (χ3n) is 5.51. The molecule has 1 atom stereocenters. The summed E-state index contributed by atoms with van der Waals surface area (Å²) in [5, 5.41) is 16.2. The Bertz CT molecular complexity index is 667. The highest BCUT2D eigenvalue weighted by Gasteiger charge is 2.20. The van der Waals surface area contributed by atoms with Crippen molar-refractivity contribution in [1.82, 2.24) is 15.5 Å². The molecule has 8 heteroatoms. The number of halogens is 3. The van der Waals surface area contributed by atoms with Gasteiger partial charge in [-0.25, -0.2) is 8.78 Å². The third-order valence-corrected chi connectivity index (χ3v) is 5.51. The fourth-order valence-electron chi connectivity index (χ4n) is 4.00. The molecule has 0 saturated carbocycles. The maximum Gasteiger partial charge on any atom is 0.191 e. The number of aliphatic hydroxyl groups excluding tert-OH is 1. The number of aliphatic hydroxyl groups is 1. The molecule has 1 aliphatic heterocycles. The number of likely N-dealkylation sites (tertiary alicyclic amines) is 1. The number of hydrogen-bond donors (Lipinski definition) is 3. The second-order valence-corrected chi connectivity index (χ2v) is 8.67. The van der Waals surface area contributed by atoms with Gasteiger partial charge < -0.3 is 15.7 Å². The zero-order chi connectivity index (χ0) is 21.9. The summed E-state index contributed by atoms with van der Waals surface area (Å²) in [6, 6.07) is 4.47. The van der Waals surface area contributed by atoms with Crippen LogP contribution in [0.15, 0.2) is 23.2 Å². The zero-order valence-corrected chi connectivity index (χ0v) is 21.4. The topological polar surface area (TPSA) is 59.9 Å². The molecular weight excluding hydrogens is 513 g/mol. The van der Waals surface area contributed by atoms with Crippen LogP contribution in [0.2, 0.25) is 0 Å². The highest BCUT2D eigenvalue weighted by atomic mass is 127. The SMILES string of the molecule is CCNC(=NCC(CCO)CC(C)C)NC1CCN(Cc2ccc(F)c(F)c2)CC1.I. The number of piperidine rings is 1. The van der Waals surface area contributed by atoms with Crippen molar-refractivity contribution in [2.75, 3.05) is 32.8 Å². The molecule has 0 aromatic heterocycles. The van der Waals surface area contributed by atoms with Crippen LogP contribution in [0.1, 0.15) is 52.0 Å². The minimum Gasteiger partial charge on any atom is -0.396 e. The summed E-state index contributed by atoms with van der Waals surface area (Å²) in [6.45, 7) is 10.6. The lowest BCUT2D eigenvalue weighted by atomic mass is 9.94. The summed E-state index contributed by atoms with van der Waals surface area (Å²) < 4.78 is 26.5. The number of nitrogens with zero attached hydrogens (tertiary/aromatic N) is 2. The monoisotopic (exact) mass is 552 g/mol. The zero-order valence-electron chi connectivity index (χ0n) is 19.0. The summed E-state index contributed by atoms with van der Waals surface area (Å²) in [6.07, 6.45) is 3.79. The molecule has 0 radical (unpaired) electrons. The van der Waals surface area contributed by atoms with E-state index in [1.165, 1.54) is 12.1 Å². The van der Waals surface area contributed by atoms with Gasteiger partial charge in [0.05, 0.1) is 0 Å². The third kappa shape index (κ3) is 10.4. The molecule has 0 bridgehead atoms. The van der Waals surface area contributed by atoms with Gasteiger partial charge in [-0.3, -0.25) is 9.89 Å². The van der Waals surface area contributed by atoms with Gasteiger partial charge in [-0.2, -0.15) is 0 Å². The average Bonchev–Trinajstić information content (AvgIpc) is 2.70. The van der Waals surface area contributed by atoms with E-state index in [0.29, 0.717) is 31.0 Å². The van der Waals surface area contributed by atoms with Crippen LogP contribution in [0, 0.1) is 23.5 Å². The summed E-state index contributed by atoms with van der Waals surface area (Å²) in [7, 11) is 0. The van der Waals surface area contributed by atoms with Gasteiger partial charge in [0.1, 0.15) is 0 Å². The summed E-state index contributed by atoms with van der Waals surface area (Å²) >= 11 is 0. The van der Waals surface area contributed by atoms with E-state index >= 15 is 0 Å². The van der Waals surface area contributed by atoms with Crippen molar-refractivity contribution in [2.24, 2.45) is 16.8 Å². The van der Waals surface area contributed by atoms with E-state index in [4.69, 9.17) is 4.99 Å². The smallest absolute Gasteiger partial charge is 0.191 e. The Morgan fingerprint density at radius 3 is 2.52 bits per heavy atom. The van der Waals surface area contributed by atoms with Gasteiger partial charge in [-0.1, -0.05) is 19.9 Å². The molecule has 5 nitrogen and oxygen atoms in total. The predicted molar refractivity (Wildman–Crippen MR) is 134 cm³/mol. The number of aliphatic imine (C=N–C) groups is 1. The van der Waals surface area contributed by atoms with Crippen molar-refractivity contribution in [3.63, 3.8) is 0 Å². The molecule has 1 aliphatic rings. The molecular formula is C23H39F2IN4O. The van der Waals surface area contributed by atoms with Crippen LogP contribution in [0.25, 0.3) is 0 Å². The van der Waals surface area contributed by atoms with Crippen LogP contribution in [-0.2, 0) is 6.54 Å². The van der Waals surface area contributed by atoms with Crippen LogP contribution < -0.4 is 10.6 Å². The van der Waals surface area contributed by atoms with Gasteiger partial charge in [-0.05, 0) is 62.1 Å². The Hall–Kier alpha value is -1.00. The molecule has 1 unspecified atom stereocenters. The van der Waals surface area contributed by atoms with E-state index in [0.717, 1.165) is 56.8 Å². The first-order valence-electron chi connectivity index (χ1n) is 11.2. The summed E-state index contributed by atoms with van der Waals surface area (Å²) in [4.78, 5) is 7.05. The van der Waals surface area contributed by atoms with Crippen LogP contribution in [0.3, 0.4) is 0 Å².